The fourth-order valence-electron chi connectivity index (χ4n) is 8.07. The van der Waals surface area contributed by atoms with Crippen LogP contribution in [0.25, 0.3) is 0 Å². The molecule has 3 aliphatic heterocycles. The van der Waals surface area contributed by atoms with Gasteiger partial charge in [-0.1, -0.05) is 30.9 Å². The van der Waals surface area contributed by atoms with Crippen molar-refractivity contribution in [2.45, 2.75) is 95.2 Å². The molecule has 4 heterocycles. The Balaban J connectivity index is 0.762. The van der Waals surface area contributed by atoms with Gasteiger partial charge < -0.3 is 20.3 Å². The van der Waals surface area contributed by atoms with E-state index in [1.807, 2.05) is 12.1 Å². The first-order chi connectivity index (χ1) is 27.2. The zero-order valence-electron chi connectivity index (χ0n) is 31.1. The van der Waals surface area contributed by atoms with Gasteiger partial charge in [0, 0.05) is 43.9 Å². The Morgan fingerprint density at radius 3 is 2.39 bits per heavy atom. The van der Waals surface area contributed by atoms with E-state index in [9.17, 15) is 24.0 Å². The predicted octanol–water partition coefficient (Wildman–Crippen LogP) is 5.41. The number of carbonyl (C=O) groups is 5. The van der Waals surface area contributed by atoms with Crippen LogP contribution in [0, 0.1) is 17.2 Å². The molecule has 7 rings (SSSR count). The largest absolute Gasteiger partial charge is 0.490 e. The van der Waals surface area contributed by atoms with Crippen LogP contribution in [0.4, 0.5) is 11.5 Å². The van der Waals surface area contributed by atoms with E-state index in [1.165, 1.54) is 0 Å². The number of hydrogen-bond donors (Lipinski definition) is 3. The fourth-order valence-corrected chi connectivity index (χ4v) is 8.28. The molecule has 56 heavy (non-hydrogen) atoms. The van der Waals surface area contributed by atoms with Crippen LogP contribution >= 0.6 is 11.6 Å². The molecule has 14 nitrogen and oxygen atoms in total. The molecule has 1 atom stereocenters. The van der Waals surface area contributed by atoms with E-state index in [0.29, 0.717) is 39.2 Å². The summed E-state index contributed by atoms with van der Waals surface area (Å²) in [6.07, 6.45) is 9.84. The van der Waals surface area contributed by atoms with Gasteiger partial charge in [0.25, 0.3) is 17.7 Å². The average molecular weight is 781 g/mol. The van der Waals surface area contributed by atoms with E-state index in [4.69, 9.17) is 21.6 Å². The second-order valence-electron chi connectivity index (χ2n) is 15.0. The second-order valence-corrected chi connectivity index (χ2v) is 15.4. The number of fused-ring (bicyclic) bond motifs is 1. The van der Waals surface area contributed by atoms with Crippen molar-refractivity contribution in [3.8, 4) is 11.8 Å². The van der Waals surface area contributed by atoms with E-state index in [2.05, 4.69) is 31.0 Å². The van der Waals surface area contributed by atoms with Crippen LogP contribution in [-0.4, -0.2) is 82.5 Å². The molecule has 4 aliphatic rings. The van der Waals surface area contributed by atoms with Gasteiger partial charge in [-0.2, -0.15) is 5.26 Å². The molecule has 292 valence electrons. The van der Waals surface area contributed by atoms with Crippen molar-refractivity contribution < 1.29 is 28.7 Å². The number of aromatic nitrogens is 2. The van der Waals surface area contributed by atoms with Gasteiger partial charge in [-0.25, -0.2) is 0 Å². The Kier molecular flexibility index (Phi) is 12.1. The normalized spacial score (nSPS) is 21.3. The zero-order chi connectivity index (χ0) is 39.2. The smallest absolute Gasteiger partial charge is 0.272 e. The van der Waals surface area contributed by atoms with Crippen molar-refractivity contribution in [1.82, 2.24) is 25.7 Å². The minimum absolute atomic E-state index is 0.0212. The summed E-state index contributed by atoms with van der Waals surface area (Å²) in [6, 6.07) is 15.0. The topological polar surface area (TPSA) is 187 Å². The number of amides is 5. The number of ether oxygens (including phenoxy) is 1. The average Bonchev–Trinajstić information content (AvgIpc) is 3.45. The standard InChI is InChI=1S/C41H45ClN8O6/c42-33-23-30(9-5-26(33)24-43)56-29-10-6-27(7-11-29)45-38(52)34-13-15-36(48-47-34)44-19-3-1-2-4-25-17-20-49(21-18-25)28-8-12-31-32(22-28)41(55)50(40(31)54)35-14-16-37(51)46-39(35)53/h5,8-9,12-13,15,22-23,25,27,29,35H,1-4,6-7,10-11,14,16-21H2,(H,44,48)(H,45,52)(H,46,51,53)/t27-,29-,35?. The maximum absolute atomic E-state index is 13.2. The first-order valence-corrected chi connectivity index (χ1v) is 19.9. The van der Waals surface area contributed by atoms with E-state index < -0.39 is 29.7 Å². The number of halogens is 1. The SMILES string of the molecule is N#Cc1ccc(O[C@H]2CC[C@H](NC(=O)c3ccc(NCCCCCC4CCN(c5ccc6c(c5)C(=O)N(C5CCC(=O)NC5=O)C6=O)CC4)nn3)CC2)cc1Cl. The molecule has 1 aliphatic carbocycles. The molecule has 0 spiro atoms. The molecule has 0 bridgehead atoms. The molecular weight excluding hydrogens is 736 g/mol. The highest BCUT2D eigenvalue weighted by molar-refractivity contribution is 6.31. The number of imide groups is 2. The third kappa shape index (κ3) is 8.94. The number of benzene rings is 2. The summed E-state index contributed by atoms with van der Waals surface area (Å²) in [6.45, 7) is 2.49. The van der Waals surface area contributed by atoms with Crippen LogP contribution in [0.15, 0.2) is 48.5 Å². The van der Waals surface area contributed by atoms with Gasteiger partial charge in [-0.05, 0) is 99.7 Å². The zero-order valence-corrected chi connectivity index (χ0v) is 31.9. The first kappa shape index (κ1) is 38.7. The lowest BCUT2D eigenvalue weighted by Gasteiger charge is -2.34. The lowest BCUT2D eigenvalue weighted by Crippen LogP contribution is -2.54. The number of unbranched alkanes of at least 4 members (excludes halogenated alkanes) is 2. The van der Waals surface area contributed by atoms with Crippen molar-refractivity contribution in [1.29, 1.82) is 5.26 Å². The van der Waals surface area contributed by atoms with Gasteiger partial charge in [-0.15, -0.1) is 10.2 Å². The number of anilines is 2. The summed E-state index contributed by atoms with van der Waals surface area (Å²) in [5.74, 6) is -0.312. The molecule has 1 aromatic heterocycles. The number of nitrogens with zero attached hydrogens (tertiary/aromatic N) is 5. The van der Waals surface area contributed by atoms with Crippen molar-refractivity contribution >= 4 is 52.6 Å². The predicted molar refractivity (Wildman–Crippen MR) is 207 cm³/mol. The van der Waals surface area contributed by atoms with Gasteiger partial charge in [0.15, 0.2) is 5.69 Å². The Bertz CT molecular complexity index is 2020. The Morgan fingerprint density at radius 2 is 1.68 bits per heavy atom. The molecule has 15 heteroatoms. The minimum Gasteiger partial charge on any atom is -0.490 e. The van der Waals surface area contributed by atoms with Crippen molar-refractivity contribution in [2.75, 3.05) is 29.9 Å². The molecule has 2 aromatic carbocycles. The molecule has 3 aromatic rings. The minimum atomic E-state index is -0.968. The number of nitriles is 1. The number of rotatable bonds is 13. The lowest BCUT2D eigenvalue weighted by molar-refractivity contribution is -0.136. The van der Waals surface area contributed by atoms with Gasteiger partial charge in [-0.3, -0.25) is 34.2 Å². The van der Waals surface area contributed by atoms with E-state index in [0.717, 1.165) is 94.4 Å². The first-order valence-electron chi connectivity index (χ1n) is 19.5. The van der Waals surface area contributed by atoms with Gasteiger partial charge >= 0.3 is 0 Å². The van der Waals surface area contributed by atoms with Gasteiger partial charge in [0.1, 0.15) is 23.7 Å². The third-order valence-corrected chi connectivity index (χ3v) is 11.6. The summed E-state index contributed by atoms with van der Waals surface area (Å²) >= 11 is 6.13. The van der Waals surface area contributed by atoms with E-state index in [-0.39, 0.29) is 36.6 Å². The lowest BCUT2D eigenvalue weighted by atomic mass is 9.91. The van der Waals surface area contributed by atoms with Crippen molar-refractivity contribution in [2.24, 2.45) is 5.92 Å². The number of hydrogen-bond acceptors (Lipinski definition) is 11. The fraction of sp³-hybridized carbons (Fsp3) is 0.463. The summed E-state index contributed by atoms with van der Waals surface area (Å²) in [5, 5.41) is 26.4. The van der Waals surface area contributed by atoms with Crippen LogP contribution < -0.4 is 25.6 Å². The highest BCUT2D eigenvalue weighted by atomic mass is 35.5. The maximum atomic E-state index is 13.2. The summed E-state index contributed by atoms with van der Waals surface area (Å²) in [7, 11) is 0. The van der Waals surface area contributed by atoms with E-state index in [1.54, 1.807) is 42.5 Å². The molecule has 1 saturated carbocycles. The van der Waals surface area contributed by atoms with Gasteiger partial charge in [0.05, 0.1) is 27.8 Å². The highest BCUT2D eigenvalue weighted by Gasteiger charge is 2.44. The Hall–Kier alpha value is -5.55. The summed E-state index contributed by atoms with van der Waals surface area (Å²) in [5.41, 5.74) is 2.20. The van der Waals surface area contributed by atoms with Crippen molar-refractivity contribution in [3.05, 3.63) is 75.9 Å². The molecule has 0 radical (unpaired) electrons. The molecular formula is C41H45ClN8O6. The molecule has 5 amide bonds. The Labute approximate surface area is 330 Å². The molecule has 3 fully saturated rings. The Morgan fingerprint density at radius 1 is 0.893 bits per heavy atom. The van der Waals surface area contributed by atoms with Crippen LogP contribution in [0.1, 0.15) is 114 Å². The van der Waals surface area contributed by atoms with Crippen LogP contribution in [0.2, 0.25) is 5.02 Å². The highest BCUT2D eigenvalue weighted by Crippen LogP contribution is 2.33. The molecule has 1 unspecified atom stereocenters. The van der Waals surface area contributed by atoms with Crippen LogP contribution in [0.3, 0.4) is 0 Å². The van der Waals surface area contributed by atoms with Gasteiger partial charge in [0.2, 0.25) is 11.8 Å². The number of nitrogens with one attached hydrogen (secondary N) is 3. The monoisotopic (exact) mass is 780 g/mol. The molecule has 3 N–H and O–H groups in total. The number of carbonyl (C=O) groups excluding carboxylic acids is 5. The van der Waals surface area contributed by atoms with Crippen LogP contribution in [0.5, 0.6) is 5.75 Å². The quantitative estimate of drug-likeness (QED) is 0.149. The second kappa shape index (κ2) is 17.5. The van der Waals surface area contributed by atoms with E-state index >= 15 is 0 Å². The summed E-state index contributed by atoms with van der Waals surface area (Å²) in [4.78, 5) is 66.3. The maximum Gasteiger partial charge on any atom is 0.272 e. The molecule has 2 saturated heterocycles. The number of piperidine rings is 2. The summed E-state index contributed by atoms with van der Waals surface area (Å²) < 4.78 is 6.05. The van der Waals surface area contributed by atoms with Crippen LogP contribution in [-0.2, 0) is 9.59 Å². The van der Waals surface area contributed by atoms with Crippen molar-refractivity contribution in [3.63, 3.8) is 0 Å². The third-order valence-electron chi connectivity index (χ3n) is 11.3.